The molecule has 1 aromatic carbocycles. The maximum atomic E-state index is 12.4. The van der Waals surface area contributed by atoms with E-state index in [1.54, 1.807) is 0 Å². The third-order valence-electron chi connectivity index (χ3n) is 3.88. The van der Waals surface area contributed by atoms with Crippen LogP contribution in [0.1, 0.15) is 55.1 Å². The van der Waals surface area contributed by atoms with Gasteiger partial charge < -0.3 is 11.1 Å². The van der Waals surface area contributed by atoms with Crippen LogP contribution in [0, 0.1) is 18.8 Å². The number of amides is 1. The van der Waals surface area contributed by atoms with Gasteiger partial charge in [0.05, 0.1) is 6.54 Å². The molecule has 20 heavy (non-hydrogen) atoms. The molecule has 3 N–H and O–H groups in total. The van der Waals surface area contributed by atoms with Crippen molar-refractivity contribution in [2.75, 3.05) is 6.54 Å². The van der Waals surface area contributed by atoms with E-state index in [2.05, 4.69) is 37.9 Å². The van der Waals surface area contributed by atoms with Crippen molar-refractivity contribution in [1.82, 2.24) is 5.32 Å². The molecule has 3 heteroatoms. The second kappa shape index (κ2) is 7.12. The van der Waals surface area contributed by atoms with Crippen LogP contribution in [0.25, 0.3) is 0 Å². The van der Waals surface area contributed by atoms with Crippen LogP contribution >= 0.6 is 0 Å². The number of hydrogen-bond acceptors (Lipinski definition) is 2. The Kier molecular flexibility index (Phi) is 5.79. The molecule has 1 rings (SSSR count). The molecule has 0 fully saturated rings. The van der Waals surface area contributed by atoms with Crippen molar-refractivity contribution in [2.24, 2.45) is 5.73 Å². The van der Waals surface area contributed by atoms with E-state index in [0.29, 0.717) is 12.1 Å². The van der Waals surface area contributed by atoms with Gasteiger partial charge in [-0.1, -0.05) is 31.8 Å². The predicted octanol–water partition coefficient (Wildman–Crippen LogP) is 2.61. The topological polar surface area (TPSA) is 55.1 Å². The van der Waals surface area contributed by atoms with Gasteiger partial charge in [-0.15, -0.1) is 0 Å². The first-order chi connectivity index (χ1) is 9.47. The van der Waals surface area contributed by atoms with Crippen molar-refractivity contribution < 1.29 is 4.79 Å². The molecule has 0 saturated heterocycles. The fraction of sp³-hybridized carbons (Fsp3) is 0.471. The first-order valence-corrected chi connectivity index (χ1v) is 7.08. The molecule has 1 aromatic rings. The molecule has 3 nitrogen and oxygen atoms in total. The van der Waals surface area contributed by atoms with Gasteiger partial charge in [-0.3, -0.25) is 4.79 Å². The van der Waals surface area contributed by atoms with Crippen LogP contribution in [0.3, 0.4) is 0 Å². The second-order valence-corrected chi connectivity index (χ2v) is 5.21. The minimum Gasteiger partial charge on any atom is -0.347 e. The van der Waals surface area contributed by atoms with Crippen molar-refractivity contribution in [3.05, 3.63) is 34.9 Å². The molecule has 1 amide bonds. The predicted molar refractivity (Wildman–Crippen MR) is 83.6 cm³/mol. The van der Waals surface area contributed by atoms with Crippen LogP contribution in [0.5, 0.6) is 0 Å². The Hall–Kier alpha value is -1.79. The van der Waals surface area contributed by atoms with E-state index in [1.807, 2.05) is 25.1 Å². The minimum atomic E-state index is -0.164. The fourth-order valence-electron chi connectivity index (χ4n) is 1.93. The van der Waals surface area contributed by atoms with Gasteiger partial charge in [-0.05, 0) is 44.4 Å². The highest BCUT2D eigenvalue weighted by Crippen LogP contribution is 2.17. The van der Waals surface area contributed by atoms with Gasteiger partial charge in [-0.2, -0.15) is 0 Å². The number of benzene rings is 1. The van der Waals surface area contributed by atoms with Gasteiger partial charge in [0, 0.05) is 16.7 Å². The Labute approximate surface area is 121 Å². The molecule has 0 saturated carbocycles. The average molecular weight is 272 g/mol. The number of carbonyl (C=O) groups excluding carboxylic acids is 1. The molecular formula is C17H24N2O. The van der Waals surface area contributed by atoms with E-state index in [0.717, 1.165) is 24.0 Å². The highest BCUT2D eigenvalue weighted by Gasteiger charge is 2.23. The van der Waals surface area contributed by atoms with Crippen LogP contribution in [-0.4, -0.2) is 18.0 Å². The van der Waals surface area contributed by atoms with Crippen molar-refractivity contribution >= 4 is 5.91 Å². The zero-order chi connectivity index (χ0) is 15.2. The monoisotopic (exact) mass is 272 g/mol. The molecule has 0 aromatic heterocycles. The van der Waals surface area contributed by atoms with Gasteiger partial charge in [0.15, 0.2) is 0 Å². The van der Waals surface area contributed by atoms with Crippen LogP contribution in [0.15, 0.2) is 18.2 Å². The van der Waals surface area contributed by atoms with Crippen LogP contribution in [-0.2, 0) is 0 Å². The maximum Gasteiger partial charge on any atom is 0.252 e. The van der Waals surface area contributed by atoms with E-state index in [4.69, 9.17) is 5.73 Å². The summed E-state index contributed by atoms with van der Waals surface area (Å²) in [6, 6.07) is 5.61. The SMILES string of the molecule is CCC(C)(CC)NC(=O)c1cccc(C#CCN)c1C. The normalized spacial score (nSPS) is 10.7. The second-order valence-electron chi connectivity index (χ2n) is 5.21. The van der Waals surface area contributed by atoms with E-state index in [-0.39, 0.29) is 11.4 Å². The molecule has 0 radical (unpaired) electrons. The molecule has 0 aliphatic carbocycles. The van der Waals surface area contributed by atoms with Crippen LogP contribution in [0.4, 0.5) is 0 Å². The minimum absolute atomic E-state index is 0.0369. The van der Waals surface area contributed by atoms with Crippen molar-refractivity contribution in [3.63, 3.8) is 0 Å². The summed E-state index contributed by atoms with van der Waals surface area (Å²) in [5.74, 6) is 5.79. The van der Waals surface area contributed by atoms with Crippen molar-refractivity contribution in [1.29, 1.82) is 0 Å². The highest BCUT2D eigenvalue weighted by molar-refractivity contribution is 5.96. The number of rotatable bonds is 4. The number of nitrogens with one attached hydrogen (secondary N) is 1. The zero-order valence-corrected chi connectivity index (χ0v) is 12.8. The highest BCUT2D eigenvalue weighted by atomic mass is 16.1. The van der Waals surface area contributed by atoms with E-state index < -0.39 is 0 Å². The number of carbonyl (C=O) groups is 1. The van der Waals surface area contributed by atoms with Gasteiger partial charge in [0.25, 0.3) is 5.91 Å². The largest absolute Gasteiger partial charge is 0.347 e. The molecule has 0 heterocycles. The van der Waals surface area contributed by atoms with Crippen molar-refractivity contribution in [2.45, 2.75) is 46.1 Å². The summed E-state index contributed by atoms with van der Waals surface area (Å²) >= 11 is 0. The lowest BCUT2D eigenvalue weighted by Gasteiger charge is -2.28. The molecule has 0 aliphatic heterocycles. The molecule has 0 aliphatic rings. The Bertz CT molecular complexity index is 534. The van der Waals surface area contributed by atoms with Gasteiger partial charge >= 0.3 is 0 Å². The van der Waals surface area contributed by atoms with E-state index in [1.165, 1.54) is 0 Å². The van der Waals surface area contributed by atoms with Crippen LogP contribution < -0.4 is 11.1 Å². The number of nitrogens with two attached hydrogens (primary N) is 1. The smallest absolute Gasteiger partial charge is 0.252 e. The summed E-state index contributed by atoms with van der Waals surface area (Å²) < 4.78 is 0. The van der Waals surface area contributed by atoms with Gasteiger partial charge in [0.2, 0.25) is 0 Å². The van der Waals surface area contributed by atoms with Gasteiger partial charge in [-0.25, -0.2) is 0 Å². The number of hydrogen-bond donors (Lipinski definition) is 2. The first kappa shape index (κ1) is 16.3. The molecular weight excluding hydrogens is 248 g/mol. The maximum absolute atomic E-state index is 12.4. The summed E-state index contributed by atoms with van der Waals surface area (Å²) in [6.45, 7) is 8.47. The van der Waals surface area contributed by atoms with Crippen molar-refractivity contribution in [3.8, 4) is 11.8 Å². The Morgan fingerprint density at radius 2 is 2.00 bits per heavy atom. The lowest BCUT2D eigenvalue weighted by atomic mass is 9.94. The van der Waals surface area contributed by atoms with Gasteiger partial charge in [0.1, 0.15) is 0 Å². The van der Waals surface area contributed by atoms with Crippen LogP contribution in [0.2, 0.25) is 0 Å². The first-order valence-electron chi connectivity index (χ1n) is 7.08. The van der Waals surface area contributed by atoms with E-state index in [9.17, 15) is 4.79 Å². The Morgan fingerprint density at radius 3 is 2.55 bits per heavy atom. The molecule has 0 bridgehead atoms. The third kappa shape index (κ3) is 3.85. The third-order valence-corrected chi connectivity index (χ3v) is 3.88. The summed E-state index contributed by atoms with van der Waals surface area (Å²) in [6.07, 6.45) is 1.81. The molecule has 0 spiro atoms. The average Bonchev–Trinajstić information content (AvgIpc) is 2.45. The standard InChI is InChI=1S/C17H24N2O/c1-5-17(4,6-2)19-16(20)15-11-7-9-14(13(15)3)10-8-12-18/h7,9,11H,5-6,12,18H2,1-4H3,(H,19,20). The molecule has 108 valence electrons. The summed E-state index contributed by atoms with van der Waals surface area (Å²) in [7, 11) is 0. The fourth-order valence-corrected chi connectivity index (χ4v) is 1.93. The lowest BCUT2D eigenvalue weighted by molar-refractivity contribution is 0.0900. The zero-order valence-electron chi connectivity index (χ0n) is 12.8. The Morgan fingerprint density at radius 1 is 1.35 bits per heavy atom. The lowest BCUT2D eigenvalue weighted by Crippen LogP contribution is -2.45. The summed E-state index contributed by atoms with van der Waals surface area (Å²) in [4.78, 5) is 12.4. The summed E-state index contributed by atoms with van der Waals surface area (Å²) in [5, 5.41) is 3.12. The quantitative estimate of drug-likeness (QED) is 0.828. The molecule has 0 atom stereocenters. The van der Waals surface area contributed by atoms with E-state index >= 15 is 0 Å². The Balaban J connectivity index is 3.05. The molecule has 0 unspecified atom stereocenters. The summed E-state index contributed by atoms with van der Waals surface area (Å²) in [5.41, 5.74) is 7.67.